The molecule has 1 saturated heterocycles. The first-order chi connectivity index (χ1) is 55.0. The Balaban J connectivity index is 0.746. The van der Waals surface area contributed by atoms with Gasteiger partial charge in [-0.1, -0.05) is 103 Å². The molecule has 0 spiro atoms. The number of carbonyl (C=O) groups excluding carboxylic acids is 6. The van der Waals surface area contributed by atoms with Gasteiger partial charge in [0.15, 0.2) is 5.82 Å². The minimum Gasteiger partial charge on any atom is -0.491 e. The molecule has 32 nitrogen and oxygen atoms in total. The van der Waals surface area contributed by atoms with Gasteiger partial charge in [0, 0.05) is 118 Å². The Kier molecular flexibility index (Phi) is 33.6. The number of urea groups is 1. The molecule has 9 rings (SSSR count). The molecule has 3 aromatic heterocycles. The van der Waals surface area contributed by atoms with Gasteiger partial charge in [0.25, 0.3) is 0 Å². The summed E-state index contributed by atoms with van der Waals surface area (Å²) in [4.78, 5) is 121. The fourth-order valence-electron chi connectivity index (χ4n) is 11.9. The minimum absolute atomic E-state index is 0.0137. The first kappa shape index (κ1) is 86.6. The minimum atomic E-state index is -1.48. The normalized spacial score (nSPS) is 13.0. The van der Waals surface area contributed by atoms with Gasteiger partial charge in [0.05, 0.1) is 49.1 Å². The number of anilines is 1. The van der Waals surface area contributed by atoms with Gasteiger partial charge in [-0.05, 0) is 109 Å². The number of likely N-dealkylation sites (N-methyl/N-ethyl adjacent to an activating group) is 3. The molecule has 0 bridgehead atoms. The molecule has 4 heterocycles. The van der Waals surface area contributed by atoms with E-state index < -0.39 is 71.8 Å². The summed E-state index contributed by atoms with van der Waals surface area (Å²) >= 11 is 8.45. The average Bonchev–Trinajstić information content (AvgIpc) is 1.59. The highest BCUT2D eigenvalue weighted by Crippen LogP contribution is 2.50. The van der Waals surface area contributed by atoms with Crippen LogP contribution in [0.15, 0.2) is 133 Å². The van der Waals surface area contributed by atoms with E-state index in [1.54, 1.807) is 111 Å². The van der Waals surface area contributed by atoms with E-state index in [-0.39, 0.29) is 111 Å². The van der Waals surface area contributed by atoms with Gasteiger partial charge in [0.2, 0.25) is 29.7 Å². The summed E-state index contributed by atoms with van der Waals surface area (Å²) in [7, 11) is 5.15. The van der Waals surface area contributed by atoms with E-state index >= 15 is 0 Å². The molecule has 114 heavy (non-hydrogen) atoms. The number of carboxylic acid groups (broad SMARTS) is 1. The van der Waals surface area contributed by atoms with Gasteiger partial charge >= 0.3 is 24.2 Å². The topological polar surface area (TPSA) is 401 Å². The molecular formula is C79H94ClFN16O16S. The zero-order chi connectivity index (χ0) is 81.5. The maximum atomic E-state index is 14.4. The molecule has 8 aromatic rings. The third-order valence-electron chi connectivity index (χ3n) is 18.3. The number of rotatable bonds is 43. The Hall–Kier alpha value is -11.4. The van der Waals surface area contributed by atoms with Crippen LogP contribution in [0.2, 0.25) is 5.02 Å². The second kappa shape index (κ2) is 44.2. The SMILES string of the molecule is Cc1c(-c2c(-c3ccc(F)cc3)sc3ncnc(O[C@H](Cc4ccccc4OCc4ccnc(-c5ccccc5COC(=O)N(C)CCN(C)C(=O)OCc5ccc(NC(=O)[C@H](CCCNC(N)=O)NC(=O)C(NC(=O)COCCOCCOCCN=[N+]=[N-])C(C)C)cc5)n4)C(=O)O)c23)ccc(OCCN2CCN(C)CC2)c1Cl. The molecule has 1 fully saturated rings. The van der Waals surface area contributed by atoms with Crippen LogP contribution in [0.25, 0.3) is 53.6 Å². The number of azide groups is 1. The van der Waals surface area contributed by atoms with Crippen molar-refractivity contribution in [2.45, 2.75) is 78.0 Å². The number of piperazine rings is 1. The fourth-order valence-corrected chi connectivity index (χ4v) is 13.2. The van der Waals surface area contributed by atoms with E-state index in [0.29, 0.717) is 99.9 Å². The molecule has 3 atom stereocenters. The number of nitrogens with one attached hydrogen (secondary N) is 4. The largest absolute Gasteiger partial charge is 0.491 e. The Bertz CT molecular complexity index is 4610. The predicted octanol–water partition coefficient (Wildman–Crippen LogP) is 10.1. The van der Waals surface area contributed by atoms with Crippen molar-refractivity contribution >= 4 is 80.8 Å². The molecule has 0 radical (unpaired) electrons. The van der Waals surface area contributed by atoms with Crippen molar-refractivity contribution in [1.29, 1.82) is 0 Å². The Morgan fingerprint density at radius 3 is 2.14 bits per heavy atom. The van der Waals surface area contributed by atoms with Gasteiger partial charge in [0.1, 0.15) is 73.6 Å². The van der Waals surface area contributed by atoms with Crippen LogP contribution in [0, 0.1) is 18.7 Å². The first-order valence-corrected chi connectivity index (χ1v) is 38.1. The summed E-state index contributed by atoms with van der Waals surface area (Å²) < 4.78 is 60.9. The lowest BCUT2D eigenvalue weighted by Crippen LogP contribution is -2.55. The number of aliphatic carboxylic acids is 1. The Morgan fingerprint density at radius 1 is 0.754 bits per heavy atom. The number of hydrogen-bond donors (Lipinski definition) is 6. The quantitative estimate of drug-likeness (QED) is 0.00895. The monoisotopic (exact) mass is 1610 g/mol. The molecule has 606 valence electrons. The van der Waals surface area contributed by atoms with Crippen molar-refractivity contribution < 1.29 is 81.0 Å². The van der Waals surface area contributed by atoms with E-state index in [1.807, 2.05) is 19.1 Å². The second-order valence-electron chi connectivity index (χ2n) is 26.9. The maximum absolute atomic E-state index is 14.4. The summed E-state index contributed by atoms with van der Waals surface area (Å²) in [5, 5.41) is 25.7. The second-order valence-corrected chi connectivity index (χ2v) is 28.3. The van der Waals surface area contributed by atoms with Crippen LogP contribution in [0.1, 0.15) is 54.6 Å². The number of halogens is 2. The first-order valence-electron chi connectivity index (χ1n) is 36.9. The Labute approximate surface area is 667 Å². The third kappa shape index (κ3) is 26.1. The number of nitrogens with two attached hydrogens (primary N) is 1. The highest BCUT2D eigenvalue weighted by molar-refractivity contribution is 7.22. The predicted molar refractivity (Wildman–Crippen MR) is 424 cm³/mol. The average molecular weight is 1610 g/mol. The zero-order valence-electron chi connectivity index (χ0n) is 64.2. The van der Waals surface area contributed by atoms with Crippen molar-refractivity contribution in [1.82, 2.24) is 55.5 Å². The van der Waals surface area contributed by atoms with Gasteiger partial charge in [-0.25, -0.2) is 43.5 Å². The highest BCUT2D eigenvalue weighted by Gasteiger charge is 2.32. The van der Waals surface area contributed by atoms with Crippen LogP contribution in [-0.2, 0) is 69.1 Å². The smallest absolute Gasteiger partial charge is 0.409 e. The number of primary amides is 1. The lowest BCUT2D eigenvalue weighted by molar-refractivity contribution is -0.145. The van der Waals surface area contributed by atoms with Crippen LogP contribution < -0.4 is 41.2 Å². The summed E-state index contributed by atoms with van der Waals surface area (Å²) in [6.45, 7) is 11.2. The van der Waals surface area contributed by atoms with Gasteiger partial charge in [-0.15, -0.1) is 11.3 Å². The molecule has 1 unspecified atom stereocenters. The number of fused-ring (bicyclic) bond motifs is 1. The number of thiophene rings is 1. The van der Waals surface area contributed by atoms with Gasteiger partial charge < -0.3 is 84.7 Å². The molecule has 35 heteroatoms. The van der Waals surface area contributed by atoms with Crippen LogP contribution >= 0.6 is 22.9 Å². The summed E-state index contributed by atoms with van der Waals surface area (Å²) in [5.41, 5.74) is 19.4. The Morgan fingerprint density at radius 2 is 1.44 bits per heavy atom. The molecule has 0 aliphatic carbocycles. The van der Waals surface area contributed by atoms with E-state index in [1.165, 1.54) is 53.7 Å². The molecule has 1 aliphatic heterocycles. The van der Waals surface area contributed by atoms with Gasteiger partial charge in [-0.2, -0.15) is 0 Å². The summed E-state index contributed by atoms with van der Waals surface area (Å²) in [6, 6.07) is 29.2. The molecule has 1 aliphatic rings. The zero-order valence-corrected chi connectivity index (χ0v) is 65.8. The number of benzene rings is 5. The number of aromatic nitrogens is 4. The lowest BCUT2D eigenvalue weighted by atomic mass is 9.96. The van der Waals surface area contributed by atoms with Crippen molar-refractivity contribution in [3.8, 4) is 50.3 Å². The summed E-state index contributed by atoms with van der Waals surface area (Å²) in [5.74, 6) is -2.64. The van der Waals surface area contributed by atoms with E-state index in [4.69, 9.17) is 65.7 Å². The third-order valence-corrected chi connectivity index (χ3v) is 19.9. The maximum Gasteiger partial charge on any atom is 0.409 e. The van der Waals surface area contributed by atoms with E-state index in [2.05, 4.69) is 63.1 Å². The number of para-hydroxylation sites is 1. The molecule has 5 aromatic carbocycles. The number of carbonyl (C=O) groups is 7. The van der Waals surface area contributed by atoms with Crippen LogP contribution in [-0.4, -0.2) is 231 Å². The van der Waals surface area contributed by atoms with Gasteiger partial charge in [-0.3, -0.25) is 19.3 Å². The number of hydrogen-bond acceptors (Lipinski definition) is 23. The van der Waals surface area contributed by atoms with Crippen molar-refractivity contribution in [2.75, 3.05) is 132 Å². The summed E-state index contributed by atoms with van der Waals surface area (Å²) in [6.07, 6.45) is 0.247. The van der Waals surface area contributed by atoms with Crippen LogP contribution in [0.3, 0.4) is 0 Å². The van der Waals surface area contributed by atoms with Crippen molar-refractivity contribution in [3.05, 3.63) is 177 Å². The van der Waals surface area contributed by atoms with Crippen molar-refractivity contribution in [3.63, 3.8) is 0 Å². The number of amides is 7. The fraction of sp³-hybridized carbons (Fsp3) is 0.405. The number of nitrogens with zero attached hydrogens (tertiary/aromatic N) is 11. The molecule has 7 N–H and O–H groups in total. The van der Waals surface area contributed by atoms with E-state index in [0.717, 1.165) is 32.7 Å². The molecular weight excluding hydrogens is 1520 g/mol. The number of ether oxygens (including phenoxy) is 8. The highest BCUT2D eigenvalue weighted by atomic mass is 35.5. The van der Waals surface area contributed by atoms with E-state index in [9.17, 15) is 43.1 Å². The lowest BCUT2D eigenvalue weighted by Gasteiger charge is -2.32. The van der Waals surface area contributed by atoms with Crippen LogP contribution in [0.4, 0.5) is 24.5 Å². The van der Waals surface area contributed by atoms with Crippen molar-refractivity contribution in [2.24, 2.45) is 16.8 Å². The molecule has 0 saturated carbocycles. The molecule has 7 amide bonds. The number of carboxylic acids is 1. The standard InChI is InChI=1S/C79H94ClFN16O16S/c1-50(2)69(92-65(98)48-108-43-42-107-41-40-106-38-30-88-93-83)73(100)91-61(15-11-28-85-77(82)103)72(99)90-57-23-17-52(18-24-57)45-111-78(104)95(5)33-34-96(6)79(105)112-46-55-13-7-9-14-60(55)71-84-29-27-58(89-71)47-110-62-16-10-8-12-54(62)44-64(76(101)102)113-74-67-66(70(114-75(67)87-49-86-74)53-19-21-56(81)22-20-53)59-25-26-63(68(80)51(59)3)109-39-37-97-35-31-94(4)32-36-97/h7-10,12-14,16-27,29,49-50,61,64,69H,11,15,28,30-48H2,1-6H3,(H,90,99)(H,91,100)(H,92,98)(H,101,102)(H3,82,85,103)/t61-,64+,69?/m0/s1. The van der Waals surface area contributed by atoms with Crippen LogP contribution in [0.5, 0.6) is 17.4 Å².